The Morgan fingerprint density at radius 2 is 1.90 bits per heavy atom. The van der Waals surface area contributed by atoms with E-state index < -0.39 is 0 Å². The van der Waals surface area contributed by atoms with E-state index in [4.69, 9.17) is 16.3 Å². The van der Waals surface area contributed by atoms with Crippen LogP contribution in [0.15, 0.2) is 30.3 Å². The molecule has 21 heavy (non-hydrogen) atoms. The lowest BCUT2D eigenvalue weighted by Gasteiger charge is -2.08. The third-order valence-corrected chi connectivity index (χ3v) is 2.97. The van der Waals surface area contributed by atoms with Gasteiger partial charge in [-0.25, -0.2) is 9.97 Å². The fourth-order valence-electron chi connectivity index (χ4n) is 1.78. The SMILES string of the molecule is Cc1cc(C)nc(NC(=O)CCOc2ccccc2Cl)n1. The summed E-state index contributed by atoms with van der Waals surface area (Å²) in [5.41, 5.74) is 1.62. The van der Waals surface area contributed by atoms with Gasteiger partial charge < -0.3 is 4.74 Å². The highest BCUT2D eigenvalue weighted by Crippen LogP contribution is 2.23. The van der Waals surface area contributed by atoms with Crippen molar-refractivity contribution in [3.05, 3.63) is 46.7 Å². The highest BCUT2D eigenvalue weighted by molar-refractivity contribution is 6.32. The number of aromatic nitrogens is 2. The number of carbonyl (C=O) groups excluding carboxylic acids is 1. The zero-order valence-corrected chi connectivity index (χ0v) is 12.6. The molecule has 0 radical (unpaired) electrons. The monoisotopic (exact) mass is 305 g/mol. The number of benzene rings is 1. The van der Waals surface area contributed by atoms with Crippen LogP contribution < -0.4 is 10.1 Å². The van der Waals surface area contributed by atoms with E-state index in [-0.39, 0.29) is 18.9 Å². The molecular formula is C15H16ClN3O2. The van der Waals surface area contributed by atoms with Gasteiger partial charge in [0.2, 0.25) is 11.9 Å². The average molecular weight is 306 g/mol. The highest BCUT2D eigenvalue weighted by Gasteiger charge is 2.07. The number of ether oxygens (including phenoxy) is 1. The van der Waals surface area contributed by atoms with E-state index in [0.717, 1.165) is 11.4 Å². The number of nitrogens with one attached hydrogen (secondary N) is 1. The summed E-state index contributed by atoms with van der Waals surface area (Å²) in [5, 5.41) is 3.17. The number of nitrogens with zero attached hydrogens (tertiary/aromatic N) is 2. The quantitative estimate of drug-likeness (QED) is 0.921. The predicted molar refractivity (Wildman–Crippen MR) is 81.7 cm³/mol. The van der Waals surface area contributed by atoms with Gasteiger partial charge in [0, 0.05) is 11.4 Å². The molecule has 5 nitrogen and oxygen atoms in total. The van der Waals surface area contributed by atoms with E-state index in [1.165, 1.54) is 0 Å². The van der Waals surface area contributed by atoms with E-state index in [1.807, 2.05) is 32.0 Å². The first-order chi connectivity index (χ1) is 10.0. The van der Waals surface area contributed by atoms with Crippen LogP contribution in [0.3, 0.4) is 0 Å². The Kier molecular flexibility index (Phi) is 5.11. The number of anilines is 1. The van der Waals surface area contributed by atoms with Crippen LogP contribution in [0.5, 0.6) is 5.75 Å². The molecule has 0 saturated heterocycles. The third kappa shape index (κ3) is 4.72. The van der Waals surface area contributed by atoms with Crippen LogP contribution in [0, 0.1) is 13.8 Å². The van der Waals surface area contributed by atoms with E-state index in [2.05, 4.69) is 15.3 Å². The van der Waals surface area contributed by atoms with Gasteiger partial charge in [0.25, 0.3) is 0 Å². The van der Waals surface area contributed by atoms with Crippen LogP contribution in [0.2, 0.25) is 5.02 Å². The van der Waals surface area contributed by atoms with E-state index in [0.29, 0.717) is 16.7 Å². The minimum Gasteiger partial charge on any atom is -0.491 e. The number of para-hydroxylation sites is 1. The largest absolute Gasteiger partial charge is 0.491 e. The van der Waals surface area contributed by atoms with Gasteiger partial charge in [-0.1, -0.05) is 23.7 Å². The van der Waals surface area contributed by atoms with Crippen molar-refractivity contribution >= 4 is 23.5 Å². The molecule has 2 rings (SSSR count). The maximum Gasteiger partial charge on any atom is 0.230 e. The standard InChI is InChI=1S/C15H16ClN3O2/c1-10-9-11(2)18-15(17-10)19-14(20)7-8-21-13-6-4-3-5-12(13)16/h3-6,9H,7-8H2,1-2H3,(H,17,18,19,20). The van der Waals surface area contributed by atoms with Gasteiger partial charge in [-0.15, -0.1) is 0 Å². The van der Waals surface area contributed by atoms with E-state index in [9.17, 15) is 4.79 Å². The summed E-state index contributed by atoms with van der Waals surface area (Å²) < 4.78 is 5.46. The lowest BCUT2D eigenvalue weighted by molar-refractivity contribution is -0.116. The Labute approximate surface area is 128 Å². The smallest absolute Gasteiger partial charge is 0.230 e. The predicted octanol–water partition coefficient (Wildman–Crippen LogP) is 3.15. The number of aryl methyl sites for hydroxylation is 2. The molecule has 2 aromatic rings. The van der Waals surface area contributed by atoms with Gasteiger partial charge in [-0.2, -0.15) is 0 Å². The second-order valence-corrected chi connectivity index (χ2v) is 4.96. The molecule has 0 aliphatic rings. The van der Waals surface area contributed by atoms with Gasteiger partial charge in [-0.3, -0.25) is 10.1 Å². The summed E-state index contributed by atoms with van der Waals surface area (Å²) in [6.45, 7) is 3.94. The molecule has 0 fully saturated rings. The molecule has 0 bridgehead atoms. The maximum atomic E-state index is 11.8. The van der Waals surface area contributed by atoms with Crippen molar-refractivity contribution in [2.24, 2.45) is 0 Å². The average Bonchev–Trinajstić information content (AvgIpc) is 2.39. The molecule has 1 aromatic heterocycles. The molecule has 1 amide bonds. The highest BCUT2D eigenvalue weighted by atomic mass is 35.5. The van der Waals surface area contributed by atoms with Crippen molar-refractivity contribution in [2.75, 3.05) is 11.9 Å². The number of halogens is 1. The summed E-state index contributed by atoms with van der Waals surface area (Å²) >= 11 is 5.96. The molecule has 0 unspecified atom stereocenters. The molecule has 1 heterocycles. The van der Waals surface area contributed by atoms with Gasteiger partial charge >= 0.3 is 0 Å². The first-order valence-corrected chi connectivity index (χ1v) is 6.92. The molecule has 0 aliphatic heterocycles. The molecule has 0 saturated carbocycles. The van der Waals surface area contributed by atoms with Crippen LogP contribution in [0.25, 0.3) is 0 Å². The fraction of sp³-hybridized carbons (Fsp3) is 0.267. The Bertz CT molecular complexity index is 626. The minimum absolute atomic E-state index is 0.196. The summed E-state index contributed by atoms with van der Waals surface area (Å²) in [4.78, 5) is 20.1. The Balaban J connectivity index is 1.84. The second-order valence-electron chi connectivity index (χ2n) is 4.55. The Hall–Kier alpha value is -2.14. The van der Waals surface area contributed by atoms with Gasteiger partial charge in [0.15, 0.2) is 0 Å². The van der Waals surface area contributed by atoms with Crippen molar-refractivity contribution < 1.29 is 9.53 Å². The van der Waals surface area contributed by atoms with Gasteiger partial charge in [0.1, 0.15) is 5.75 Å². The first kappa shape index (κ1) is 15.3. The van der Waals surface area contributed by atoms with Crippen LogP contribution in [0.1, 0.15) is 17.8 Å². The first-order valence-electron chi connectivity index (χ1n) is 6.54. The van der Waals surface area contributed by atoms with Crippen LogP contribution in [-0.4, -0.2) is 22.5 Å². The molecular weight excluding hydrogens is 290 g/mol. The number of hydrogen-bond acceptors (Lipinski definition) is 4. The Morgan fingerprint density at radius 1 is 1.24 bits per heavy atom. The van der Waals surface area contributed by atoms with Crippen molar-refractivity contribution in [3.63, 3.8) is 0 Å². The summed E-state index contributed by atoms with van der Waals surface area (Å²) in [6.07, 6.45) is 0.196. The van der Waals surface area contributed by atoms with Crippen LogP contribution >= 0.6 is 11.6 Å². The summed E-state index contributed by atoms with van der Waals surface area (Å²) in [5.74, 6) is 0.678. The fourth-order valence-corrected chi connectivity index (χ4v) is 1.97. The normalized spacial score (nSPS) is 10.2. The zero-order valence-electron chi connectivity index (χ0n) is 11.9. The molecule has 0 spiro atoms. The number of rotatable bonds is 5. The summed E-state index contributed by atoms with van der Waals surface area (Å²) in [6, 6.07) is 8.98. The number of hydrogen-bond donors (Lipinski definition) is 1. The zero-order chi connectivity index (χ0) is 15.2. The van der Waals surface area contributed by atoms with Crippen molar-refractivity contribution in [1.82, 2.24) is 9.97 Å². The minimum atomic E-state index is -0.202. The summed E-state index contributed by atoms with van der Waals surface area (Å²) in [7, 11) is 0. The molecule has 1 aromatic carbocycles. The topological polar surface area (TPSA) is 64.1 Å². The van der Waals surface area contributed by atoms with Crippen LogP contribution in [0.4, 0.5) is 5.95 Å². The molecule has 6 heteroatoms. The van der Waals surface area contributed by atoms with Gasteiger partial charge in [-0.05, 0) is 32.0 Å². The number of carbonyl (C=O) groups is 1. The van der Waals surface area contributed by atoms with Gasteiger partial charge in [0.05, 0.1) is 18.1 Å². The molecule has 110 valence electrons. The van der Waals surface area contributed by atoms with Crippen molar-refractivity contribution in [3.8, 4) is 5.75 Å². The Morgan fingerprint density at radius 3 is 2.57 bits per heavy atom. The lowest BCUT2D eigenvalue weighted by Crippen LogP contribution is -2.17. The van der Waals surface area contributed by atoms with Crippen LogP contribution in [-0.2, 0) is 4.79 Å². The molecule has 0 aliphatic carbocycles. The molecule has 0 atom stereocenters. The second kappa shape index (κ2) is 7.04. The molecule has 1 N–H and O–H groups in total. The lowest BCUT2D eigenvalue weighted by atomic mass is 10.3. The van der Waals surface area contributed by atoms with Crippen molar-refractivity contribution in [2.45, 2.75) is 20.3 Å². The maximum absolute atomic E-state index is 11.8. The number of amides is 1. The van der Waals surface area contributed by atoms with E-state index >= 15 is 0 Å². The van der Waals surface area contributed by atoms with Crippen molar-refractivity contribution in [1.29, 1.82) is 0 Å². The van der Waals surface area contributed by atoms with E-state index in [1.54, 1.807) is 12.1 Å². The third-order valence-electron chi connectivity index (χ3n) is 2.66.